The maximum atomic E-state index is 13.1. The average Bonchev–Trinajstić information content (AvgIpc) is 3.29. The minimum Gasteiger partial charge on any atom is -0.495 e. The molecule has 3 amide bonds. The predicted octanol–water partition coefficient (Wildman–Crippen LogP) is 6.87. The van der Waals surface area contributed by atoms with Gasteiger partial charge < -0.3 is 14.6 Å². The smallest absolute Gasteiger partial charge is 0.416 e. The summed E-state index contributed by atoms with van der Waals surface area (Å²) in [5.41, 5.74) is 3.31. The molecule has 1 aromatic heterocycles. The second kappa shape index (κ2) is 10.9. The Balaban J connectivity index is 1.54. The zero-order chi connectivity index (χ0) is 28.6. The fraction of sp³-hybridized carbons (Fsp3) is 0.222. The molecule has 3 aromatic rings. The highest BCUT2D eigenvalue weighted by Crippen LogP contribution is 2.36. The van der Waals surface area contributed by atoms with Crippen molar-refractivity contribution in [3.8, 4) is 11.4 Å². The largest absolute Gasteiger partial charge is 0.495 e. The minimum absolute atomic E-state index is 0.00158. The van der Waals surface area contributed by atoms with Crippen LogP contribution in [0.2, 0.25) is 0 Å². The number of anilines is 1. The molecule has 0 radical (unpaired) electrons. The van der Waals surface area contributed by atoms with Gasteiger partial charge in [-0.25, -0.2) is 0 Å². The van der Waals surface area contributed by atoms with Crippen LogP contribution in [0.25, 0.3) is 11.8 Å². The number of aryl methyl sites for hydroxylation is 2. The van der Waals surface area contributed by atoms with Crippen LogP contribution in [-0.2, 0) is 15.8 Å². The highest BCUT2D eigenvalue weighted by atomic mass is 79.9. The van der Waals surface area contributed by atoms with Gasteiger partial charge in [0.1, 0.15) is 12.3 Å². The number of carbonyl (C=O) groups excluding carboxylic acids is 3. The van der Waals surface area contributed by atoms with Crippen molar-refractivity contribution in [1.82, 2.24) is 9.47 Å². The molecule has 204 valence electrons. The van der Waals surface area contributed by atoms with Gasteiger partial charge in [-0.05, 0) is 92.2 Å². The van der Waals surface area contributed by atoms with Crippen LogP contribution in [-0.4, -0.2) is 40.2 Å². The van der Waals surface area contributed by atoms with Gasteiger partial charge in [-0.2, -0.15) is 13.2 Å². The van der Waals surface area contributed by atoms with Crippen LogP contribution in [0.5, 0.6) is 5.75 Å². The van der Waals surface area contributed by atoms with Crippen LogP contribution in [0.15, 0.2) is 51.8 Å². The third-order valence-corrected chi connectivity index (χ3v) is 7.93. The first kappa shape index (κ1) is 28.5. The van der Waals surface area contributed by atoms with E-state index in [1.807, 2.05) is 49.6 Å². The molecule has 1 aliphatic rings. The first-order valence-electron chi connectivity index (χ1n) is 11.6. The maximum absolute atomic E-state index is 13.1. The van der Waals surface area contributed by atoms with Gasteiger partial charge in [-0.1, -0.05) is 15.9 Å². The van der Waals surface area contributed by atoms with Gasteiger partial charge in [-0.15, -0.1) is 0 Å². The fourth-order valence-electron chi connectivity index (χ4n) is 4.19. The van der Waals surface area contributed by atoms with Gasteiger partial charge in [0, 0.05) is 21.5 Å². The van der Waals surface area contributed by atoms with Crippen LogP contribution in [0.4, 0.5) is 23.7 Å². The summed E-state index contributed by atoms with van der Waals surface area (Å²) < 4.78 is 47.4. The third-order valence-electron chi connectivity index (χ3n) is 6.13. The van der Waals surface area contributed by atoms with Crippen molar-refractivity contribution in [3.63, 3.8) is 0 Å². The molecule has 39 heavy (non-hydrogen) atoms. The van der Waals surface area contributed by atoms with Crippen molar-refractivity contribution in [2.24, 2.45) is 0 Å². The first-order chi connectivity index (χ1) is 18.3. The highest BCUT2D eigenvalue weighted by Gasteiger charge is 2.37. The van der Waals surface area contributed by atoms with E-state index in [-0.39, 0.29) is 16.3 Å². The van der Waals surface area contributed by atoms with Crippen LogP contribution in [0.3, 0.4) is 0 Å². The van der Waals surface area contributed by atoms with Crippen LogP contribution in [0, 0.1) is 20.8 Å². The van der Waals surface area contributed by atoms with E-state index < -0.39 is 35.3 Å². The number of ether oxygens (including phenoxy) is 1. The normalized spacial score (nSPS) is 14.9. The monoisotopic (exact) mass is 621 g/mol. The topological polar surface area (TPSA) is 80.6 Å². The van der Waals surface area contributed by atoms with Crippen LogP contribution >= 0.6 is 27.7 Å². The van der Waals surface area contributed by atoms with Crippen molar-refractivity contribution in [3.05, 3.63) is 79.9 Å². The summed E-state index contributed by atoms with van der Waals surface area (Å²) in [5, 5.41) is 1.65. The summed E-state index contributed by atoms with van der Waals surface area (Å²) in [6, 6.07) is 10.5. The van der Waals surface area contributed by atoms with Gasteiger partial charge in [0.2, 0.25) is 5.91 Å². The molecule has 12 heteroatoms. The Bertz CT molecular complexity index is 1530. The van der Waals surface area contributed by atoms with Gasteiger partial charge in [0.05, 0.1) is 23.3 Å². The standard InChI is InChI=1S/C27H23BrF3N3O4S/c1-14-9-19(6-7-20(14)28)34-15(2)10-17(16(34)3)11-23-25(36)33(26(37)39-23)13-24(35)32-21-12-18(27(29,30)31)5-8-22(21)38-4/h5-12H,13H2,1-4H3,(H,32,35)/b23-11-. The summed E-state index contributed by atoms with van der Waals surface area (Å²) in [5.74, 6) is -1.51. The first-order valence-corrected chi connectivity index (χ1v) is 13.2. The number of rotatable bonds is 6. The van der Waals surface area contributed by atoms with E-state index in [2.05, 4.69) is 21.2 Å². The van der Waals surface area contributed by atoms with E-state index in [1.54, 1.807) is 6.08 Å². The van der Waals surface area contributed by atoms with E-state index >= 15 is 0 Å². The number of thioether (sulfide) groups is 1. The lowest BCUT2D eigenvalue weighted by atomic mass is 10.1. The number of methoxy groups -OCH3 is 1. The highest BCUT2D eigenvalue weighted by molar-refractivity contribution is 9.10. The Morgan fingerprint density at radius 2 is 1.82 bits per heavy atom. The quantitative estimate of drug-likeness (QED) is 0.304. The molecule has 2 heterocycles. The number of imide groups is 1. The summed E-state index contributed by atoms with van der Waals surface area (Å²) in [7, 11) is 1.24. The van der Waals surface area contributed by atoms with Crippen LogP contribution < -0.4 is 10.1 Å². The molecular weight excluding hydrogens is 599 g/mol. The van der Waals surface area contributed by atoms with Crippen molar-refractivity contribution in [2.75, 3.05) is 19.0 Å². The van der Waals surface area contributed by atoms with E-state index in [0.717, 1.165) is 55.8 Å². The lowest BCUT2D eigenvalue weighted by Crippen LogP contribution is -2.36. The molecule has 7 nitrogen and oxygen atoms in total. The molecule has 4 rings (SSSR count). The number of nitrogens with zero attached hydrogens (tertiary/aromatic N) is 2. The molecular formula is C27H23BrF3N3O4S. The lowest BCUT2D eigenvalue weighted by Gasteiger charge is -2.16. The molecule has 1 fully saturated rings. The van der Waals surface area contributed by atoms with Crippen molar-refractivity contribution in [1.29, 1.82) is 0 Å². The zero-order valence-electron chi connectivity index (χ0n) is 21.3. The lowest BCUT2D eigenvalue weighted by molar-refractivity contribution is -0.137. The molecule has 1 N–H and O–H groups in total. The molecule has 0 saturated carbocycles. The van der Waals surface area contributed by atoms with E-state index in [9.17, 15) is 27.6 Å². The predicted molar refractivity (Wildman–Crippen MR) is 147 cm³/mol. The number of alkyl halides is 3. The number of amides is 3. The molecule has 1 saturated heterocycles. The van der Waals surface area contributed by atoms with Gasteiger partial charge in [0.15, 0.2) is 0 Å². The molecule has 1 aliphatic heterocycles. The van der Waals surface area contributed by atoms with E-state index in [0.29, 0.717) is 11.8 Å². The second-order valence-corrected chi connectivity index (χ2v) is 10.7. The summed E-state index contributed by atoms with van der Waals surface area (Å²) in [6.07, 6.45) is -3.03. The SMILES string of the molecule is COc1ccc(C(F)(F)F)cc1NC(=O)CN1C(=O)S/C(=C\c2cc(C)n(-c3ccc(Br)c(C)c3)c2C)C1=O. The number of hydrogen-bond acceptors (Lipinski definition) is 5. The molecule has 0 spiro atoms. The molecule has 2 aromatic carbocycles. The zero-order valence-corrected chi connectivity index (χ0v) is 23.7. The van der Waals surface area contributed by atoms with Crippen molar-refractivity contribution >= 4 is 56.5 Å². The number of hydrogen-bond donors (Lipinski definition) is 1. The van der Waals surface area contributed by atoms with Gasteiger partial charge in [-0.3, -0.25) is 19.3 Å². The van der Waals surface area contributed by atoms with Crippen molar-refractivity contribution in [2.45, 2.75) is 26.9 Å². The number of carbonyl (C=O) groups is 3. The Morgan fingerprint density at radius 1 is 1.10 bits per heavy atom. The average molecular weight is 622 g/mol. The van der Waals surface area contributed by atoms with Crippen LogP contribution in [0.1, 0.15) is 28.1 Å². The van der Waals surface area contributed by atoms with Gasteiger partial charge in [0.25, 0.3) is 11.1 Å². The number of benzene rings is 2. The molecule has 0 unspecified atom stereocenters. The maximum Gasteiger partial charge on any atom is 0.416 e. The summed E-state index contributed by atoms with van der Waals surface area (Å²) >= 11 is 4.19. The number of nitrogens with one attached hydrogen (secondary N) is 1. The molecule has 0 atom stereocenters. The second-order valence-electron chi connectivity index (χ2n) is 8.82. The summed E-state index contributed by atoms with van der Waals surface area (Å²) in [6.45, 7) is 5.15. The van der Waals surface area contributed by atoms with E-state index in [4.69, 9.17) is 4.74 Å². The van der Waals surface area contributed by atoms with Gasteiger partial charge >= 0.3 is 6.18 Å². The van der Waals surface area contributed by atoms with Crippen molar-refractivity contribution < 1.29 is 32.3 Å². The third kappa shape index (κ3) is 5.91. The Labute approximate surface area is 235 Å². The summed E-state index contributed by atoms with van der Waals surface area (Å²) in [4.78, 5) is 39.1. The molecule has 0 aliphatic carbocycles. The Hall–Kier alpha value is -3.51. The molecule has 0 bridgehead atoms. The Kier molecular flexibility index (Phi) is 7.99. The number of aromatic nitrogens is 1. The Morgan fingerprint density at radius 3 is 2.46 bits per heavy atom. The number of halogens is 4. The minimum atomic E-state index is -4.63. The van der Waals surface area contributed by atoms with E-state index in [1.165, 1.54) is 7.11 Å². The fourth-order valence-corrected chi connectivity index (χ4v) is 5.27.